The third-order valence-electron chi connectivity index (χ3n) is 5.10. The lowest BCUT2D eigenvalue weighted by atomic mass is 9.74. The molecule has 120 valence electrons. The summed E-state index contributed by atoms with van der Waals surface area (Å²) in [5.74, 6) is 0.953. The van der Waals surface area contributed by atoms with E-state index < -0.39 is 0 Å². The van der Waals surface area contributed by atoms with Crippen LogP contribution in [0.5, 0.6) is 0 Å². The lowest BCUT2D eigenvalue weighted by Crippen LogP contribution is -2.17. The molecule has 0 saturated carbocycles. The van der Waals surface area contributed by atoms with E-state index in [1.165, 1.54) is 41.7 Å². The number of fused-ring (bicyclic) bond motifs is 1. The molecule has 0 saturated heterocycles. The van der Waals surface area contributed by atoms with E-state index in [1.54, 1.807) is 0 Å². The van der Waals surface area contributed by atoms with Crippen LogP contribution in [0.1, 0.15) is 36.0 Å². The summed E-state index contributed by atoms with van der Waals surface area (Å²) in [6, 6.07) is 24.3. The molecule has 0 N–H and O–H groups in total. The monoisotopic (exact) mass is 316 g/mol. The average Bonchev–Trinajstić information content (AvgIpc) is 2.62. The van der Waals surface area contributed by atoms with E-state index in [2.05, 4.69) is 55.5 Å². The van der Waals surface area contributed by atoms with Crippen LogP contribution in [0.25, 0.3) is 11.1 Å². The fourth-order valence-corrected chi connectivity index (χ4v) is 3.94. The maximum atomic E-state index is 13.2. The Hall–Kier alpha value is -2.41. The van der Waals surface area contributed by atoms with Crippen molar-refractivity contribution in [2.24, 2.45) is 5.92 Å². The zero-order valence-electron chi connectivity index (χ0n) is 13.9. The highest BCUT2D eigenvalue weighted by Crippen LogP contribution is 2.40. The van der Waals surface area contributed by atoms with Gasteiger partial charge in [0.05, 0.1) is 0 Å². The van der Waals surface area contributed by atoms with Gasteiger partial charge in [-0.1, -0.05) is 67.6 Å². The van der Waals surface area contributed by atoms with Gasteiger partial charge in [-0.15, -0.1) is 0 Å². The van der Waals surface area contributed by atoms with Crippen LogP contribution >= 0.6 is 0 Å². The molecular formula is C23H21F. The summed E-state index contributed by atoms with van der Waals surface area (Å²) in [7, 11) is 0. The molecule has 0 nitrogen and oxygen atoms in total. The van der Waals surface area contributed by atoms with Crippen LogP contribution in [0.2, 0.25) is 0 Å². The fraction of sp³-hybridized carbons (Fsp3) is 0.217. The van der Waals surface area contributed by atoms with Crippen LogP contribution in [0.15, 0.2) is 72.8 Å². The minimum atomic E-state index is -0.190. The van der Waals surface area contributed by atoms with Crippen molar-refractivity contribution < 1.29 is 4.39 Å². The fourth-order valence-electron chi connectivity index (χ4n) is 3.94. The molecule has 0 amide bonds. The second kappa shape index (κ2) is 6.24. The summed E-state index contributed by atoms with van der Waals surface area (Å²) < 4.78 is 13.2. The molecular weight excluding hydrogens is 295 g/mol. The van der Waals surface area contributed by atoms with Gasteiger partial charge in [-0.05, 0) is 58.7 Å². The molecule has 0 unspecified atom stereocenters. The third-order valence-corrected chi connectivity index (χ3v) is 5.10. The molecule has 2 atom stereocenters. The molecule has 1 aliphatic rings. The second-order valence-corrected chi connectivity index (χ2v) is 6.93. The van der Waals surface area contributed by atoms with Gasteiger partial charge in [0.2, 0.25) is 0 Å². The average molecular weight is 316 g/mol. The quantitative estimate of drug-likeness (QED) is 0.527. The molecule has 24 heavy (non-hydrogen) atoms. The Balaban J connectivity index is 1.75. The lowest BCUT2D eigenvalue weighted by molar-refractivity contribution is 0.464. The van der Waals surface area contributed by atoms with E-state index in [1.807, 2.05) is 12.1 Å². The standard InChI is InChI=1S/C23H21F/c1-16-13-19-5-2-3-8-22(19)23(14-16)20-7-4-6-18(15-20)17-9-11-21(24)12-10-17/h2-12,15-16,23H,13-14H2,1H3/t16-,23-/m1/s1. The van der Waals surface area contributed by atoms with Crippen LogP contribution in [0.4, 0.5) is 4.39 Å². The molecule has 0 fully saturated rings. The van der Waals surface area contributed by atoms with E-state index in [0.29, 0.717) is 11.8 Å². The summed E-state index contributed by atoms with van der Waals surface area (Å²) in [4.78, 5) is 0. The summed E-state index contributed by atoms with van der Waals surface area (Å²) in [6.07, 6.45) is 2.36. The SMILES string of the molecule is C[C@@H]1Cc2ccccc2[C@@H](c2cccc(-c3ccc(F)cc3)c2)C1. The number of rotatable bonds is 2. The number of benzene rings is 3. The molecule has 0 radical (unpaired) electrons. The summed E-state index contributed by atoms with van der Waals surface area (Å²) in [6.45, 7) is 2.34. The van der Waals surface area contributed by atoms with E-state index in [4.69, 9.17) is 0 Å². The lowest BCUT2D eigenvalue weighted by Gasteiger charge is -2.30. The van der Waals surface area contributed by atoms with E-state index in [-0.39, 0.29) is 5.82 Å². The first-order valence-corrected chi connectivity index (χ1v) is 8.64. The molecule has 0 aliphatic heterocycles. The van der Waals surface area contributed by atoms with Gasteiger partial charge in [-0.2, -0.15) is 0 Å². The summed E-state index contributed by atoms with van der Waals surface area (Å²) >= 11 is 0. The van der Waals surface area contributed by atoms with Gasteiger partial charge >= 0.3 is 0 Å². The van der Waals surface area contributed by atoms with Gasteiger partial charge in [0, 0.05) is 5.92 Å². The van der Waals surface area contributed by atoms with Gasteiger partial charge in [0.15, 0.2) is 0 Å². The Morgan fingerprint density at radius 3 is 2.46 bits per heavy atom. The minimum Gasteiger partial charge on any atom is -0.207 e. The van der Waals surface area contributed by atoms with Gasteiger partial charge in [-0.25, -0.2) is 4.39 Å². The van der Waals surface area contributed by atoms with Gasteiger partial charge in [0.25, 0.3) is 0 Å². The highest BCUT2D eigenvalue weighted by Gasteiger charge is 2.25. The van der Waals surface area contributed by atoms with Gasteiger partial charge < -0.3 is 0 Å². The molecule has 0 heterocycles. The minimum absolute atomic E-state index is 0.190. The van der Waals surface area contributed by atoms with Crippen molar-refractivity contribution in [2.45, 2.75) is 25.7 Å². The Kier molecular flexibility index (Phi) is 3.93. The first kappa shape index (κ1) is 15.1. The first-order chi connectivity index (χ1) is 11.7. The zero-order valence-corrected chi connectivity index (χ0v) is 13.9. The van der Waals surface area contributed by atoms with E-state index in [9.17, 15) is 4.39 Å². The zero-order chi connectivity index (χ0) is 16.5. The molecule has 1 aliphatic carbocycles. The highest BCUT2D eigenvalue weighted by molar-refractivity contribution is 5.64. The van der Waals surface area contributed by atoms with Crippen LogP contribution in [-0.4, -0.2) is 0 Å². The predicted molar refractivity (Wildman–Crippen MR) is 97.6 cm³/mol. The normalized spacial score (nSPS) is 19.8. The van der Waals surface area contributed by atoms with Crippen molar-refractivity contribution in [2.75, 3.05) is 0 Å². The Bertz CT molecular complexity index is 848. The van der Waals surface area contributed by atoms with Crippen LogP contribution in [-0.2, 0) is 6.42 Å². The maximum Gasteiger partial charge on any atom is 0.123 e. The molecule has 3 aromatic carbocycles. The van der Waals surface area contributed by atoms with Crippen molar-refractivity contribution in [1.82, 2.24) is 0 Å². The number of halogens is 1. The number of hydrogen-bond donors (Lipinski definition) is 0. The van der Waals surface area contributed by atoms with Crippen molar-refractivity contribution >= 4 is 0 Å². The molecule has 4 rings (SSSR count). The Morgan fingerprint density at radius 1 is 0.833 bits per heavy atom. The largest absolute Gasteiger partial charge is 0.207 e. The van der Waals surface area contributed by atoms with Crippen LogP contribution in [0, 0.1) is 11.7 Å². The first-order valence-electron chi connectivity index (χ1n) is 8.64. The Morgan fingerprint density at radius 2 is 1.62 bits per heavy atom. The predicted octanol–water partition coefficient (Wildman–Crippen LogP) is 6.21. The molecule has 0 spiro atoms. The second-order valence-electron chi connectivity index (χ2n) is 6.93. The summed E-state index contributed by atoms with van der Waals surface area (Å²) in [5.41, 5.74) is 6.52. The van der Waals surface area contributed by atoms with Crippen molar-refractivity contribution in [3.05, 3.63) is 95.3 Å². The topological polar surface area (TPSA) is 0 Å². The van der Waals surface area contributed by atoms with E-state index >= 15 is 0 Å². The van der Waals surface area contributed by atoms with Crippen LogP contribution < -0.4 is 0 Å². The Labute approximate surface area is 143 Å². The van der Waals surface area contributed by atoms with Gasteiger partial charge in [-0.3, -0.25) is 0 Å². The molecule has 1 heteroatoms. The third kappa shape index (κ3) is 2.87. The highest BCUT2D eigenvalue weighted by atomic mass is 19.1. The number of hydrogen-bond acceptors (Lipinski definition) is 0. The summed E-state index contributed by atoms with van der Waals surface area (Å²) in [5, 5.41) is 0. The van der Waals surface area contributed by atoms with Crippen molar-refractivity contribution in [3.8, 4) is 11.1 Å². The van der Waals surface area contributed by atoms with Crippen molar-refractivity contribution in [3.63, 3.8) is 0 Å². The van der Waals surface area contributed by atoms with Crippen molar-refractivity contribution in [1.29, 1.82) is 0 Å². The van der Waals surface area contributed by atoms with Crippen LogP contribution in [0.3, 0.4) is 0 Å². The molecule has 3 aromatic rings. The van der Waals surface area contributed by atoms with E-state index in [0.717, 1.165) is 11.1 Å². The van der Waals surface area contributed by atoms with Gasteiger partial charge in [0.1, 0.15) is 5.82 Å². The smallest absolute Gasteiger partial charge is 0.123 e. The molecule has 0 bridgehead atoms. The molecule has 0 aromatic heterocycles. The maximum absolute atomic E-state index is 13.2.